The zero-order valence-corrected chi connectivity index (χ0v) is 12.0. The Balaban J connectivity index is 3.36. The summed E-state index contributed by atoms with van der Waals surface area (Å²) in [5.41, 5.74) is 0. The number of ether oxygens (including phenoxy) is 1. The lowest BCUT2D eigenvalue weighted by Crippen LogP contribution is -2.12. The Morgan fingerprint density at radius 1 is 0.882 bits per heavy atom. The van der Waals surface area contributed by atoms with Crippen LogP contribution < -0.4 is 0 Å². The van der Waals surface area contributed by atoms with Crippen molar-refractivity contribution in [2.45, 2.75) is 84.2 Å². The van der Waals surface area contributed by atoms with Crippen LogP contribution in [0.3, 0.4) is 0 Å². The summed E-state index contributed by atoms with van der Waals surface area (Å²) in [6.07, 6.45) is 15.7. The highest BCUT2D eigenvalue weighted by Crippen LogP contribution is 2.14. The highest BCUT2D eigenvalue weighted by molar-refractivity contribution is 4.67. The lowest BCUT2D eigenvalue weighted by atomic mass is 10.0. The molecular formula is C16H32O. The van der Waals surface area contributed by atoms with Crippen molar-refractivity contribution in [3.8, 4) is 0 Å². The predicted molar refractivity (Wildman–Crippen MR) is 77.5 cm³/mol. The monoisotopic (exact) mass is 240 g/mol. The van der Waals surface area contributed by atoms with Crippen molar-refractivity contribution in [2.24, 2.45) is 0 Å². The summed E-state index contributed by atoms with van der Waals surface area (Å²) in [4.78, 5) is 0. The second-order valence-corrected chi connectivity index (χ2v) is 4.94. The molecule has 0 aliphatic rings. The van der Waals surface area contributed by atoms with Gasteiger partial charge in [-0.05, 0) is 12.8 Å². The Morgan fingerprint density at radius 3 is 2.12 bits per heavy atom. The topological polar surface area (TPSA) is 9.23 Å². The number of hydrogen-bond acceptors (Lipinski definition) is 1. The van der Waals surface area contributed by atoms with E-state index in [1.165, 1.54) is 64.2 Å². The molecule has 102 valence electrons. The smallest absolute Gasteiger partial charge is 0.0648 e. The molecule has 0 fully saturated rings. The first-order valence-electron chi connectivity index (χ1n) is 7.57. The molecule has 0 spiro atoms. The first kappa shape index (κ1) is 16.7. The van der Waals surface area contributed by atoms with E-state index in [4.69, 9.17) is 4.74 Å². The molecule has 0 aliphatic heterocycles. The average molecular weight is 240 g/mol. The van der Waals surface area contributed by atoms with Gasteiger partial charge < -0.3 is 4.74 Å². The normalized spacial score (nSPS) is 12.6. The van der Waals surface area contributed by atoms with E-state index in [2.05, 4.69) is 20.4 Å². The van der Waals surface area contributed by atoms with Gasteiger partial charge in [0.15, 0.2) is 0 Å². The van der Waals surface area contributed by atoms with E-state index in [0.717, 1.165) is 0 Å². The minimum atomic E-state index is 0.466. The zero-order valence-electron chi connectivity index (χ0n) is 12.0. The standard InChI is InChI=1S/C16H32O/c1-4-7-8-9-10-11-12-14-16(13-5-2)17-15-6-3/h6,16H,3-5,7-15H2,1-2H3. The minimum Gasteiger partial charge on any atom is -0.374 e. The first-order chi connectivity index (χ1) is 8.35. The fourth-order valence-corrected chi connectivity index (χ4v) is 2.17. The third kappa shape index (κ3) is 12.0. The van der Waals surface area contributed by atoms with E-state index >= 15 is 0 Å². The second-order valence-electron chi connectivity index (χ2n) is 4.94. The Kier molecular flexibility index (Phi) is 13.5. The highest BCUT2D eigenvalue weighted by atomic mass is 16.5. The molecule has 0 aromatic rings. The van der Waals surface area contributed by atoms with Crippen LogP contribution in [0.25, 0.3) is 0 Å². The van der Waals surface area contributed by atoms with E-state index in [1.54, 1.807) is 0 Å². The minimum absolute atomic E-state index is 0.466. The lowest BCUT2D eigenvalue weighted by molar-refractivity contribution is 0.0589. The molecule has 1 atom stereocenters. The van der Waals surface area contributed by atoms with Crippen molar-refractivity contribution in [1.29, 1.82) is 0 Å². The molecule has 17 heavy (non-hydrogen) atoms. The van der Waals surface area contributed by atoms with Crippen LogP contribution in [0.1, 0.15) is 78.1 Å². The largest absolute Gasteiger partial charge is 0.374 e. The van der Waals surface area contributed by atoms with Gasteiger partial charge in [0.2, 0.25) is 0 Å². The molecule has 0 aromatic heterocycles. The Morgan fingerprint density at radius 2 is 1.53 bits per heavy atom. The van der Waals surface area contributed by atoms with Crippen molar-refractivity contribution in [3.63, 3.8) is 0 Å². The Hall–Kier alpha value is -0.300. The van der Waals surface area contributed by atoms with Crippen LogP contribution in [0, 0.1) is 0 Å². The number of hydrogen-bond donors (Lipinski definition) is 0. The molecule has 0 N–H and O–H groups in total. The summed E-state index contributed by atoms with van der Waals surface area (Å²) in [5.74, 6) is 0. The molecule has 0 saturated carbocycles. The molecule has 0 saturated heterocycles. The molecule has 0 radical (unpaired) electrons. The SMILES string of the molecule is C=CCOC(CCC)CCCCCCCCC. The molecule has 0 amide bonds. The molecule has 0 heterocycles. The summed E-state index contributed by atoms with van der Waals surface area (Å²) in [5, 5.41) is 0. The quantitative estimate of drug-likeness (QED) is 0.305. The second kappa shape index (κ2) is 13.8. The average Bonchev–Trinajstić information content (AvgIpc) is 2.34. The summed E-state index contributed by atoms with van der Waals surface area (Å²) in [7, 11) is 0. The maximum Gasteiger partial charge on any atom is 0.0648 e. The van der Waals surface area contributed by atoms with E-state index in [9.17, 15) is 0 Å². The third-order valence-corrected chi connectivity index (χ3v) is 3.19. The van der Waals surface area contributed by atoms with Crippen LogP contribution in [0.2, 0.25) is 0 Å². The molecule has 1 unspecified atom stereocenters. The van der Waals surface area contributed by atoms with E-state index in [-0.39, 0.29) is 0 Å². The van der Waals surface area contributed by atoms with Crippen LogP contribution >= 0.6 is 0 Å². The fraction of sp³-hybridized carbons (Fsp3) is 0.875. The van der Waals surface area contributed by atoms with Crippen molar-refractivity contribution >= 4 is 0 Å². The predicted octanol–water partition coefficient (Wildman–Crippen LogP) is 5.50. The summed E-state index contributed by atoms with van der Waals surface area (Å²) >= 11 is 0. The van der Waals surface area contributed by atoms with Crippen LogP contribution in [-0.2, 0) is 4.74 Å². The van der Waals surface area contributed by atoms with Crippen molar-refractivity contribution in [2.75, 3.05) is 6.61 Å². The third-order valence-electron chi connectivity index (χ3n) is 3.19. The summed E-state index contributed by atoms with van der Waals surface area (Å²) < 4.78 is 5.76. The van der Waals surface area contributed by atoms with Crippen LogP contribution in [0.4, 0.5) is 0 Å². The van der Waals surface area contributed by atoms with E-state index in [0.29, 0.717) is 12.7 Å². The van der Waals surface area contributed by atoms with Gasteiger partial charge >= 0.3 is 0 Å². The molecule has 0 bridgehead atoms. The summed E-state index contributed by atoms with van der Waals surface area (Å²) in [6, 6.07) is 0. The van der Waals surface area contributed by atoms with E-state index < -0.39 is 0 Å². The zero-order chi connectivity index (χ0) is 12.8. The molecular weight excluding hydrogens is 208 g/mol. The van der Waals surface area contributed by atoms with Gasteiger partial charge in [0, 0.05) is 0 Å². The highest BCUT2D eigenvalue weighted by Gasteiger charge is 2.06. The summed E-state index contributed by atoms with van der Waals surface area (Å²) in [6.45, 7) is 8.92. The Bertz CT molecular complexity index is 154. The van der Waals surface area contributed by atoms with Gasteiger partial charge in [0.25, 0.3) is 0 Å². The maximum atomic E-state index is 5.76. The van der Waals surface area contributed by atoms with Crippen molar-refractivity contribution < 1.29 is 4.74 Å². The number of rotatable bonds is 13. The van der Waals surface area contributed by atoms with Gasteiger partial charge in [-0.1, -0.05) is 71.3 Å². The molecule has 1 heteroatoms. The van der Waals surface area contributed by atoms with Gasteiger partial charge in [-0.15, -0.1) is 6.58 Å². The van der Waals surface area contributed by atoms with Gasteiger partial charge in [-0.2, -0.15) is 0 Å². The maximum absolute atomic E-state index is 5.76. The fourth-order valence-electron chi connectivity index (χ4n) is 2.17. The van der Waals surface area contributed by atoms with Crippen LogP contribution in [0.5, 0.6) is 0 Å². The molecule has 1 nitrogen and oxygen atoms in total. The number of unbranched alkanes of at least 4 members (excludes halogenated alkanes) is 6. The van der Waals surface area contributed by atoms with Gasteiger partial charge in [-0.25, -0.2) is 0 Å². The first-order valence-corrected chi connectivity index (χ1v) is 7.57. The molecule has 0 aromatic carbocycles. The van der Waals surface area contributed by atoms with Crippen LogP contribution in [-0.4, -0.2) is 12.7 Å². The Labute approximate surface area is 109 Å². The van der Waals surface area contributed by atoms with Gasteiger partial charge in [0.05, 0.1) is 12.7 Å². The lowest BCUT2D eigenvalue weighted by Gasteiger charge is -2.16. The molecule has 0 aliphatic carbocycles. The van der Waals surface area contributed by atoms with E-state index in [1.807, 2.05) is 6.08 Å². The van der Waals surface area contributed by atoms with Crippen molar-refractivity contribution in [1.82, 2.24) is 0 Å². The van der Waals surface area contributed by atoms with Crippen LogP contribution in [0.15, 0.2) is 12.7 Å². The van der Waals surface area contributed by atoms with Gasteiger partial charge in [-0.3, -0.25) is 0 Å². The van der Waals surface area contributed by atoms with Crippen molar-refractivity contribution in [3.05, 3.63) is 12.7 Å². The van der Waals surface area contributed by atoms with Gasteiger partial charge in [0.1, 0.15) is 0 Å². The molecule has 0 rings (SSSR count).